The molecule has 14 heavy (non-hydrogen) atoms. The van der Waals surface area contributed by atoms with Gasteiger partial charge >= 0.3 is 0 Å². The van der Waals surface area contributed by atoms with Gasteiger partial charge in [-0.25, -0.2) is 0 Å². The van der Waals surface area contributed by atoms with Gasteiger partial charge in [-0.2, -0.15) is 0 Å². The second-order valence-electron chi connectivity index (χ2n) is 4.71. The molecule has 0 aromatic heterocycles. The lowest BCUT2D eigenvalue weighted by Gasteiger charge is -2.35. The highest BCUT2D eigenvalue weighted by molar-refractivity contribution is 5.79. The van der Waals surface area contributed by atoms with Crippen molar-refractivity contribution in [2.75, 3.05) is 19.6 Å². The van der Waals surface area contributed by atoms with Crippen LogP contribution in [0, 0.1) is 11.8 Å². The first-order valence-electron chi connectivity index (χ1n) is 5.71. The molecule has 1 saturated heterocycles. The Kier molecular flexibility index (Phi) is 2.77. The SMILES string of the molecule is CC(C(=O)N1CCNC[C@@H]1C)C1CC1. The number of carbonyl (C=O) groups excluding carboxylic acids is 1. The molecule has 0 aromatic rings. The zero-order valence-corrected chi connectivity index (χ0v) is 9.12. The van der Waals surface area contributed by atoms with E-state index in [9.17, 15) is 4.79 Å². The number of rotatable bonds is 2. The van der Waals surface area contributed by atoms with E-state index < -0.39 is 0 Å². The number of hydrogen-bond acceptors (Lipinski definition) is 2. The molecule has 2 aliphatic rings. The van der Waals surface area contributed by atoms with Gasteiger partial charge in [0.25, 0.3) is 0 Å². The highest BCUT2D eigenvalue weighted by atomic mass is 16.2. The molecule has 1 unspecified atom stereocenters. The van der Waals surface area contributed by atoms with Crippen molar-refractivity contribution in [1.29, 1.82) is 0 Å². The maximum Gasteiger partial charge on any atom is 0.226 e. The topological polar surface area (TPSA) is 32.3 Å². The standard InChI is InChI=1S/C11H20N2O/c1-8-7-12-5-6-13(8)11(14)9(2)10-3-4-10/h8-10,12H,3-7H2,1-2H3/t8-,9?/m0/s1. The lowest BCUT2D eigenvalue weighted by Crippen LogP contribution is -2.53. The lowest BCUT2D eigenvalue weighted by molar-refractivity contribution is -0.138. The van der Waals surface area contributed by atoms with Crippen molar-refractivity contribution in [2.24, 2.45) is 11.8 Å². The Hall–Kier alpha value is -0.570. The van der Waals surface area contributed by atoms with Crippen LogP contribution in [0.5, 0.6) is 0 Å². The highest BCUT2D eigenvalue weighted by Crippen LogP contribution is 2.37. The predicted molar refractivity (Wildman–Crippen MR) is 55.9 cm³/mol. The second-order valence-corrected chi connectivity index (χ2v) is 4.71. The van der Waals surface area contributed by atoms with E-state index in [2.05, 4.69) is 24.1 Å². The summed E-state index contributed by atoms with van der Waals surface area (Å²) in [5.41, 5.74) is 0. The van der Waals surface area contributed by atoms with E-state index >= 15 is 0 Å². The Morgan fingerprint density at radius 1 is 1.50 bits per heavy atom. The molecule has 1 amide bonds. The molecule has 2 atom stereocenters. The maximum atomic E-state index is 12.1. The van der Waals surface area contributed by atoms with Crippen LogP contribution >= 0.6 is 0 Å². The molecule has 0 spiro atoms. The number of nitrogens with one attached hydrogen (secondary N) is 1. The Morgan fingerprint density at radius 3 is 2.79 bits per heavy atom. The normalized spacial score (nSPS) is 30.1. The molecule has 2 rings (SSSR count). The Bertz CT molecular complexity index is 225. The number of carbonyl (C=O) groups is 1. The van der Waals surface area contributed by atoms with Crippen LogP contribution in [0.3, 0.4) is 0 Å². The fourth-order valence-electron chi connectivity index (χ4n) is 2.23. The molecule has 1 saturated carbocycles. The summed E-state index contributed by atoms with van der Waals surface area (Å²) in [6, 6.07) is 0.373. The van der Waals surface area contributed by atoms with Crippen LogP contribution in [0.1, 0.15) is 26.7 Å². The molecule has 1 heterocycles. The van der Waals surface area contributed by atoms with Gasteiger partial charge in [-0.3, -0.25) is 4.79 Å². The van der Waals surface area contributed by atoms with E-state index in [4.69, 9.17) is 0 Å². The monoisotopic (exact) mass is 196 g/mol. The Morgan fingerprint density at radius 2 is 2.21 bits per heavy atom. The first-order valence-corrected chi connectivity index (χ1v) is 5.71. The summed E-state index contributed by atoms with van der Waals surface area (Å²) in [4.78, 5) is 14.1. The van der Waals surface area contributed by atoms with Crippen molar-refractivity contribution >= 4 is 5.91 Å². The summed E-state index contributed by atoms with van der Waals surface area (Å²) in [5, 5.41) is 3.31. The van der Waals surface area contributed by atoms with E-state index in [0.29, 0.717) is 17.9 Å². The molecule has 0 aromatic carbocycles. The van der Waals surface area contributed by atoms with Crippen LogP contribution in [0.2, 0.25) is 0 Å². The third-order valence-corrected chi connectivity index (χ3v) is 3.50. The smallest absolute Gasteiger partial charge is 0.226 e. The molecule has 0 radical (unpaired) electrons. The minimum atomic E-state index is 0.260. The van der Waals surface area contributed by atoms with Gasteiger partial charge in [0.1, 0.15) is 0 Å². The molecule has 1 N–H and O–H groups in total. The summed E-state index contributed by atoms with van der Waals surface area (Å²) >= 11 is 0. The Labute approximate surface area is 85.8 Å². The van der Waals surface area contributed by atoms with E-state index in [1.54, 1.807) is 0 Å². The summed E-state index contributed by atoms with van der Waals surface area (Å²) in [6.45, 7) is 7.01. The molecule has 3 heteroatoms. The first-order chi connectivity index (χ1) is 6.70. The quantitative estimate of drug-likeness (QED) is 0.710. The average molecular weight is 196 g/mol. The predicted octanol–water partition coefficient (Wildman–Crippen LogP) is 0.853. The molecule has 80 valence electrons. The second kappa shape index (κ2) is 3.89. The fourth-order valence-corrected chi connectivity index (χ4v) is 2.23. The minimum absolute atomic E-state index is 0.260. The van der Waals surface area contributed by atoms with E-state index in [0.717, 1.165) is 19.6 Å². The molecule has 3 nitrogen and oxygen atoms in total. The van der Waals surface area contributed by atoms with E-state index in [1.807, 2.05) is 0 Å². The number of amides is 1. The van der Waals surface area contributed by atoms with Gasteiger partial charge in [-0.05, 0) is 25.7 Å². The molecular formula is C11H20N2O. The van der Waals surface area contributed by atoms with Gasteiger partial charge < -0.3 is 10.2 Å². The van der Waals surface area contributed by atoms with Crippen molar-refractivity contribution in [3.63, 3.8) is 0 Å². The van der Waals surface area contributed by atoms with Crippen LogP contribution in [0.15, 0.2) is 0 Å². The lowest BCUT2D eigenvalue weighted by atomic mass is 10.0. The van der Waals surface area contributed by atoms with Gasteiger partial charge in [0.2, 0.25) is 5.91 Å². The zero-order chi connectivity index (χ0) is 10.1. The van der Waals surface area contributed by atoms with Crippen LogP contribution in [0.25, 0.3) is 0 Å². The van der Waals surface area contributed by atoms with Gasteiger partial charge in [-0.1, -0.05) is 6.92 Å². The number of piperazine rings is 1. The minimum Gasteiger partial charge on any atom is -0.337 e. The van der Waals surface area contributed by atoms with Gasteiger partial charge in [0.05, 0.1) is 0 Å². The average Bonchev–Trinajstić information content (AvgIpc) is 3.00. The molecule has 0 bridgehead atoms. The van der Waals surface area contributed by atoms with Gasteiger partial charge in [-0.15, -0.1) is 0 Å². The van der Waals surface area contributed by atoms with Gasteiger partial charge in [0, 0.05) is 31.6 Å². The molecular weight excluding hydrogens is 176 g/mol. The highest BCUT2D eigenvalue weighted by Gasteiger charge is 2.36. The zero-order valence-electron chi connectivity index (χ0n) is 9.12. The third kappa shape index (κ3) is 1.92. The third-order valence-electron chi connectivity index (χ3n) is 3.50. The van der Waals surface area contributed by atoms with E-state index in [-0.39, 0.29) is 5.92 Å². The summed E-state index contributed by atoms with van der Waals surface area (Å²) < 4.78 is 0. The van der Waals surface area contributed by atoms with Crippen molar-refractivity contribution < 1.29 is 4.79 Å². The van der Waals surface area contributed by atoms with Crippen molar-refractivity contribution in [1.82, 2.24) is 10.2 Å². The summed E-state index contributed by atoms with van der Waals surface area (Å²) in [5.74, 6) is 1.32. The largest absolute Gasteiger partial charge is 0.337 e. The van der Waals surface area contributed by atoms with Crippen LogP contribution in [0.4, 0.5) is 0 Å². The van der Waals surface area contributed by atoms with Crippen molar-refractivity contribution in [2.45, 2.75) is 32.7 Å². The number of nitrogens with zero attached hydrogens (tertiary/aromatic N) is 1. The first kappa shape index (κ1) is 9.97. The molecule has 1 aliphatic carbocycles. The van der Waals surface area contributed by atoms with Gasteiger partial charge in [0.15, 0.2) is 0 Å². The van der Waals surface area contributed by atoms with Crippen LogP contribution in [-0.4, -0.2) is 36.5 Å². The van der Waals surface area contributed by atoms with Crippen molar-refractivity contribution in [3.8, 4) is 0 Å². The molecule has 2 fully saturated rings. The molecule has 1 aliphatic heterocycles. The maximum absolute atomic E-state index is 12.1. The summed E-state index contributed by atoms with van der Waals surface area (Å²) in [6.07, 6.45) is 2.51. The fraction of sp³-hybridized carbons (Fsp3) is 0.909. The van der Waals surface area contributed by atoms with Crippen molar-refractivity contribution in [3.05, 3.63) is 0 Å². The number of hydrogen-bond donors (Lipinski definition) is 1. The van der Waals surface area contributed by atoms with Crippen LogP contribution < -0.4 is 5.32 Å². The Balaban J connectivity index is 1.94. The van der Waals surface area contributed by atoms with E-state index in [1.165, 1.54) is 12.8 Å². The summed E-state index contributed by atoms with van der Waals surface area (Å²) in [7, 11) is 0. The van der Waals surface area contributed by atoms with Crippen LogP contribution in [-0.2, 0) is 4.79 Å².